The Morgan fingerprint density at radius 2 is 2.00 bits per heavy atom. The van der Waals surface area contributed by atoms with Crippen LogP contribution in [0.5, 0.6) is 0 Å². The van der Waals surface area contributed by atoms with Crippen LogP contribution in [0.3, 0.4) is 0 Å². The number of benzene rings is 1. The van der Waals surface area contributed by atoms with Gasteiger partial charge in [-0.2, -0.15) is 0 Å². The normalized spacial score (nSPS) is 17.3. The van der Waals surface area contributed by atoms with Gasteiger partial charge in [0, 0.05) is 24.1 Å². The van der Waals surface area contributed by atoms with Gasteiger partial charge in [0.2, 0.25) is 0 Å². The van der Waals surface area contributed by atoms with Gasteiger partial charge in [-0.05, 0) is 36.5 Å². The molecule has 1 amide bonds. The number of hydrogen-bond acceptors (Lipinski definition) is 4. The minimum atomic E-state index is -3.38. The predicted molar refractivity (Wildman–Crippen MR) is 78.3 cm³/mol. The van der Waals surface area contributed by atoms with Gasteiger partial charge in [0.15, 0.2) is 9.84 Å². The highest BCUT2D eigenvalue weighted by atomic mass is 32.2. The summed E-state index contributed by atoms with van der Waals surface area (Å²) in [6.45, 7) is 2.74. The van der Waals surface area contributed by atoms with Crippen molar-refractivity contribution in [1.29, 1.82) is 0 Å². The van der Waals surface area contributed by atoms with Gasteiger partial charge in [-0.1, -0.05) is 13.3 Å². The van der Waals surface area contributed by atoms with Gasteiger partial charge >= 0.3 is 0 Å². The maximum atomic E-state index is 12.1. The van der Waals surface area contributed by atoms with Crippen molar-refractivity contribution in [2.75, 3.05) is 18.5 Å². The molecular formula is C14H20N2O3S. The molecule has 110 valence electrons. The highest BCUT2D eigenvalue weighted by molar-refractivity contribution is 7.90. The van der Waals surface area contributed by atoms with E-state index in [4.69, 9.17) is 5.73 Å². The molecule has 0 bridgehead atoms. The number of amides is 1. The van der Waals surface area contributed by atoms with Crippen LogP contribution in [-0.2, 0) is 9.84 Å². The van der Waals surface area contributed by atoms with Crippen LogP contribution in [0.15, 0.2) is 23.1 Å². The molecule has 1 aliphatic carbocycles. The molecule has 0 unspecified atom stereocenters. The molecule has 20 heavy (non-hydrogen) atoms. The fourth-order valence-electron chi connectivity index (χ4n) is 2.32. The smallest absolute Gasteiger partial charge is 0.251 e. The molecule has 0 aromatic heterocycles. The first-order valence-corrected chi connectivity index (χ1v) is 8.48. The summed E-state index contributed by atoms with van der Waals surface area (Å²) in [6.07, 6.45) is 4.51. The Bertz CT molecular complexity index is 634. The van der Waals surface area contributed by atoms with Crippen LogP contribution in [0, 0.1) is 5.41 Å². The zero-order valence-electron chi connectivity index (χ0n) is 11.8. The molecular weight excluding hydrogens is 276 g/mol. The summed E-state index contributed by atoms with van der Waals surface area (Å²) in [5.74, 6) is -0.282. The number of rotatable bonds is 4. The van der Waals surface area contributed by atoms with Crippen molar-refractivity contribution < 1.29 is 13.2 Å². The Labute approximate surface area is 119 Å². The van der Waals surface area contributed by atoms with Crippen molar-refractivity contribution in [1.82, 2.24) is 5.32 Å². The minimum absolute atomic E-state index is 0.0671. The fourth-order valence-corrected chi connectivity index (χ4v) is 3.01. The van der Waals surface area contributed by atoms with Crippen LogP contribution in [0.4, 0.5) is 5.69 Å². The lowest BCUT2D eigenvalue weighted by Gasteiger charge is -2.38. The number of nitrogen functional groups attached to an aromatic ring is 1. The predicted octanol–water partition coefficient (Wildman–Crippen LogP) is 1.59. The molecule has 2 rings (SSSR count). The Morgan fingerprint density at radius 1 is 1.35 bits per heavy atom. The molecule has 1 aromatic carbocycles. The molecule has 0 spiro atoms. The van der Waals surface area contributed by atoms with E-state index in [2.05, 4.69) is 12.2 Å². The lowest BCUT2D eigenvalue weighted by molar-refractivity contribution is 0.0890. The van der Waals surface area contributed by atoms with Crippen LogP contribution in [0.1, 0.15) is 36.5 Å². The Balaban J connectivity index is 2.15. The van der Waals surface area contributed by atoms with Gasteiger partial charge in [0.05, 0.1) is 4.90 Å². The van der Waals surface area contributed by atoms with Gasteiger partial charge in [-0.25, -0.2) is 8.42 Å². The summed E-state index contributed by atoms with van der Waals surface area (Å²) in [5.41, 5.74) is 6.40. The van der Waals surface area contributed by atoms with Crippen LogP contribution >= 0.6 is 0 Å². The second-order valence-corrected chi connectivity index (χ2v) is 7.93. The quantitative estimate of drug-likeness (QED) is 0.826. The number of hydrogen-bond donors (Lipinski definition) is 2. The van der Waals surface area contributed by atoms with Crippen LogP contribution < -0.4 is 11.1 Å². The Morgan fingerprint density at radius 3 is 2.50 bits per heavy atom. The first-order chi connectivity index (χ1) is 9.20. The highest BCUT2D eigenvalue weighted by Gasteiger charge is 2.32. The van der Waals surface area contributed by atoms with E-state index in [-0.39, 0.29) is 27.5 Å². The van der Waals surface area contributed by atoms with E-state index >= 15 is 0 Å². The van der Waals surface area contributed by atoms with Gasteiger partial charge in [0.1, 0.15) is 0 Å². The number of carbonyl (C=O) groups excluding carboxylic acids is 1. The van der Waals surface area contributed by atoms with Crippen molar-refractivity contribution in [2.24, 2.45) is 5.41 Å². The van der Waals surface area contributed by atoms with E-state index in [0.717, 1.165) is 19.1 Å². The summed E-state index contributed by atoms with van der Waals surface area (Å²) in [4.78, 5) is 12.2. The number of carbonyl (C=O) groups is 1. The summed E-state index contributed by atoms with van der Waals surface area (Å²) < 4.78 is 23.1. The lowest BCUT2D eigenvalue weighted by atomic mass is 9.70. The second-order valence-electron chi connectivity index (χ2n) is 5.91. The molecule has 1 aromatic rings. The molecule has 0 radical (unpaired) electrons. The molecule has 0 heterocycles. The van der Waals surface area contributed by atoms with Crippen LogP contribution in [0.25, 0.3) is 0 Å². The largest absolute Gasteiger partial charge is 0.399 e. The standard InChI is InChI=1S/C14H20N2O3S/c1-14(4-3-5-14)9-16-13(17)10-6-11(15)8-12(7-10)20(2,18)19/h6-8H,3-5,9,15H2,1-2H3,(H,16,17). The molecule has 0 atom stereocenters. The molecule has 1 aliphatic rings. The van der Waals surface area contributed by atoms with E-state index in [1.54, 1.807) is 0 Å². The summed E-state index contributed by atoms with van der Waals surface area (Å²) >= 11 is 0. The van der Waals surface area contributed by atoms with E-state index in [9.17, 15) is 13.2 Å². The number of nitrogens with two attached hydrogens (primary N) is 1. The SMILES string of the molecule is CC1(CNC(=O)c2cc(N)cc(S(C)(=O)=O)c2)CCC1. The van der Waals surface area contributed by atoms with Crippen LogP contribution in [0.2, 0.25) is 0 Å². The first-order valence-electron chi connectivity index (χ1n) is 6.58. The fraction of sp³-hybridized carbons (Fsp3) is 0.500. The van der Waals surface area contributed by atoms with E-state index in [1.807, 2.05) is 0 Å². The number of sulfone groups is 1. The minimum Gasteiger partial charge on any atom is -0.399 e. The summed E-state index contributed by atoms with van der Waals surface area (Å²) in [5, 5.41) is 2.86. The first kappa shape index (κ1) is 14.8. The van der Waals surface area contributed by atoms with Crippen molar-refractivity contribution >= 4 is 21.4 Å². The zero-order chi connectivity index (χ0) is 15.0. The maximum Gasteiger partial charge on any atom is 0.251 e. The monoisotopic (exact) mass is 296 g/mol. The maximum absolute atomic E-state index is 12.1. The third kappa shape index (κ3) is 3.30. The van der Waals surface area contributed by atoms with E-state index in [0.29, 0.717) is 6.54 Å². The van der Waals surface area contributed by atoms with Crippen molar-refractivity contribution in [3.63, 3.8) is 0 Å². The molecule has 0 saturated heterocycles. The number of nitrogens with one attached hydrogen (secondary N) is 1. The topological polar surface area (TPSA) is 89.3 Å². The Hall–Kier alpha value is -1.56. The zero-order valence-corrected chi connectivity index (χ0v) is 12.6. The van der Waals surface area contributed by atoms with E-state index in [1.165, 1.54) is 24.6 Å². The lowest BCUT2D eigenvalue weighted by Crippen LogP contribution is -2.40. The summed E-state index contributed by atoms with van der Waals surface area (Å²) in [6, 6.07) is 4.22. The van der Waals surface area contributed by atoms with Gasteiger partial charge < -0.3 is 11.1 Å². The van der Waals surface area contributed by atoms with Gasteiger partial charge in [-0.3, -0.25) is 4.79 Å². The molecule has 0 aliphatic heterocycles. The third-order valence-corrected chi connectivity index (χ3v) is 4.95. The van der Waals surface area contributed by atoms with Crippen molar-refractivity contribution in [3.8, 4) is 0 Å². The molecule has 1 saturated carbocycles. The van der Waals surface area contributed by atoms with Crippen molar-refractivity contribution in [3.05, 3.63) is 23.8 Å². The average Bonchev–Trinajstić information content (AvgIpc) is 2.31. The van der Waals surface area contributed by atoms with Gasteiger partial charge in [-0.15, -0.1) is 0 Å². The molecule has 6 heteroatoms. The second kappa shape index (κ2) is 5.09. The van der Waals surface area contributed by atoms with Gasteiger partial charge in [0.25, 0.3) is 5.91 Å². The van der Waals surface area contributed by atoms with Crippen molar-refractivity contribution in [2.45, 2.75) is 31.1 Å². The highest BCUT2D eigenvalue weighted by Crippen LogP contribution is 2.39. The molecule has 5 nitrogen and oxygen atoms in total. The molecule has 1 fully saturated rings. The number of anilines is 1. The third-order valence-electron chi connectivity index (χ3n) is 3.86. The van der Waals surface area contributed by atoms with E-state index < -0.39 is 9.84 Å². The summed E-state index contributed by atoms with van der Waals surface area (Å²) in [7, 11) is -3.38. The Kier molecular flexibility index (Phi) is 3.77. The average molecular weight is 296 g/mol. The van der Waals surface area contributed by atoms with Crippen LogP contribution in [-0.4, -0.2) is 27.1 Å². The molecule has 3 N–H and O–H groups in total.